The van der Waals surface area contributed by atoms with Gasteiger partial charge in [0.25, 0.3) is 5.91 Å². The Morgan fingerprint density at radius 1 is 1.21 bits per heavy atom. The highest BCUT2D eigenvalue weighted by Gasteiger charge is 2.55. The summed E-state index contributed by atoms with van der Waals surface area (Å²) < 4.78 is 12.5. The Hall–Kier alpha value is -2.46. The summed E-state index contributed by atoms with van der Waals surface area (Å²) in [6.45, 7) is 4.22. The Morgan fingerprint density at radius 2 is 1.89 bits per heavy atom. The SMILES string of the molecule is CCn1ncc(NC(=O)[C@H]2[C@@H](C(=O)O)[C@H]3CC[C@H]2O3)c1C(=O)N1CCOCC1. The van der Waals surface area contributed by atoms with Crippen molar-refractivity contribution in [1.29, 1.82) is 0 Å². The van der Waals surface area contributed by atoms with Crippen LogP contribution >= 0.6 is 0 Å². The number of aromatic nitrogens is 2. The van der Waals surface area contributed by atoms with E-state index < -0.39 is 35.9 Å². The number of carboxylic acids is 1. The van der Waals surface area contributed by atoms with E-state index >= 15 is 0 Å². The van der Waals surface area contributed by atoms with Gasteiger partial charge in [0.15, 0.2) is 0 Å². The van der Waals surface area contributed by atoms with Crippen molar-refractivity contribution in [2.75, 3.05) is 31.6 Å². The molecule has 3 saturated heterocycles. The molecule has 1 aromatic heterocycles. The molecule has 3 aliphatic heterocycles. The third-order valence-electron chi connectivity index (χ3n) is 5.76. The van der Waals surface area contributed by atoms with E-state index in [2.05, 4.69) is 10.4 Å². The predicted molar refractivity (Wildman–Crippen MR) is 95.8 cm³/mol. The molecule has 0 aliphatic carbocycles. The maximum Gasteiger partial charge on any atom is 0.310 e. The van der Waals surface area contributed by atoms with E-state index in [-0.39, 0.29) is 5.91 Å². The number of hydrogen-bond acceptors (Lipinski definition) is 6. The predicted octanol–water partition coefficient (Wildman–Crippen LogP) is 0.192. The molecule has 152 valence electrons. The molecular formula is C18H24N4O6. The van der Waals surface area contributed by atoms with Gasteiger partial charge in [0, 0.05) is 19.6 Å². The van der Waals surface area contributed by atoms with Crippen molar-refractivity contribution in [3.63, 3.8) is 0 Å². The molecule has 4 atom stereocenters. The van der Waals surface area contributed by atoms with Gasteiger partial charge in [-0.25, -0.2) is 0 Å². The molecular weight excluding hydrogens is 368 g/mol. The molecule has 3 fully saturated rings. The summed E-state index contributed by atoms with van der Waals surface area (Å²) in [5, 5.41) is 16.5. The van der Waals surface area contributed by atoms with E-state index in [9.17, 15) is 19.5 Å². The maximum atomic E-state index is 13.0. The molecule has 0 saturated carbocycles. The van der Waals surface area contributed by atoms with Crippen LogP contribution < -0.4 is 5.32 Å². The van der Waals surface area contributed by atoms with Crippen LogP contribution in [-0.2, 0) is 25.6 Å². The normalized spacial score (nSPS) is 29.1. The number of anilines is 1. The Morgan fingerprint density at radius 3 is 2.54 bits per heavy atom. The van der Waals surface area contributed by atoms with Gasteiger partial charge in [-0.05, 0) is 19.8 Å². The number of nitrogens with one attached hydrogen (secondary N) is 1. The van der Waals surface area contributed by atoms with Crippen molar-refractivity contribution in [3.8, 4) is 0 Å². The Balaban J connectivity index is 1.56. The lowest BCUT2D eigenvalue weighted by atomic mass is 9.78. The number of morpholine rings is 1. The van der Waals surface area contributed by atoms with E-state index in [1.807, 2.05) is 6.92 Å². The number of fused-ring (bicyclic) bond motifs is 2. The largest absolute Gasteiger partial charge is 0.481 e. The second kappa shape index (κ2) is 7.51. The Bertz CT molecular complexity index is 787. The number of carboxylic acid groups (broad SMARTS) is 1. The molecule has 4 rings (SSSR count). The van der Waals surface area contributed by atoms with Crippen LogP contribution in [0, 0.1) is 11.8 Å². The van der Waals surface area contributed by atoms with Crippen LogP contribution in [0.4, 0.5) is 5.69 Å². The van der Waals surface area contributed by atoms with Crippen LogP contribution in [0.25, 0.3) is 0 Å². The number of rotatable bonds is 5. The van der Waals surface area contributed by atoms with E-state index in [4.69, 9.17) is 9.47 Å². The summed E-state index contributed by atoms with van der Waals surface area (Å²) in [5.74, 6) is -3.32. The summed E-state index contributed by atoms with van der Waals surface area (Å²) in [4.78, 5) is 39.2. The number of carbonyl (C=O) groups excluding carboxylic acids is 2. The van der Waals surface area contributed by atoms with Gasteiger partial charge in [0.05, 0.1) is 49.1 Å². The van der Waals surface area contributed by atoms with Crippen molar-refractivity contribution in [3.05, 3.63) is 11.9 Å². The minimum atomic E-state index is -1.03. The molecule has 1 aromatic rings. The van der Waals surface area contributed by atoms with Crippen molar-refractivity contribution < 1.29 is 29.0 Å². The molecule has 0 unspecified atom stereocenters. The molecule has 0 radical (unpaired) electrons. The second-order valence-electron chi connectivity index (χ2n) is 7.30. The van der Waals surface area contributed by atoms with Gasteiger partial charge in [-0.3, -0.25) is 19.1 Å². The molecule has 2 amide bonds. The van der Waals surface area contributed by atoms with Gasteiger partial charge in [0.1, 0.15) is 5.69 Å². The average Bonchev–Trinajstić information content (AvgIpc) is 3.42. The number of amides is 2. The molecule has 10 nitrogen and oxygen atoms in total. The lowest BCUT2D eigenvalue weighted by Gasteiger charge is -2.27. The quantitative estimate of drug-likeness (QED) is 0.733. The number of aliphatic carboxylic acids is 1. The van der Waals surface area contributed by atoms with Crippen molar-refractivity contribution in [1.82, 2.24) is 14.7 Å². The van der Waals surface area contributed by atoms with Gasteiger partial charge in [-0.1, -0.05) is 0 Å². The maximum absolute atomic E-state index is 13.0. The fourth-order valence-electron chi connectivity index (χ4n) is 4.40. The molecule has 10 heteroatoms. The fourth-order valence-corrected chi connectivity index (χ4v) is 4.40. The molecule has 3 aliphatic rings. The smallest absolute Gasteiger partial charge is 0.310 e. The van der Waals surface area contributed by atoms with Crippen LogP contribution in [0.3, 0.4) is 0 Å². The lowest BCUT2D eigenvalue weighted by molar-refractivity contribution is -0.147. The van der Waals surface area contributed by atoms with Crippen molar-refractivity contribution in [2.24, 2.45) is 11.8 Å². The standard InChI is InChI=1S/C18H24N4O6/c1-2-22-15(17(24)21-5-7-27-8-6-21)10(9-19-22)20-16(23)13-11-3-4-12(28-11)14(13)18(25)26/h9,11-14H,2-8H2,1H3,(H,20,23)(H,25,26)/t11-,12-,13-,14+/m1/s1. The zero-order valence-electron chi connectivity index (χ0n) is 15.7. The van der Waals surface area contributed by atoms with E-state index in [1.54, 1.807) is 9.58 Å². The molecule has 2 bridgehead atoms. The molecule has 28 heavy (non-hydrogen) atoms. The Kier molecular flexibility index (Phi) is 5.07. The van der Waals surface area contributed by atoms with Gasteiger partial charge >= 0.3 is 5.97 Å². The zero-order valence-corrected chi connectivity index (χ0v) is 15.7. The first-order chi connectivity index (χ1) is 13.5. The summed E-state index contributed by atoms with van der Waals surface area (Å²) in [6, 6.07) is 0. The molecule has 4 heterocycles. The minimum absolute atomic E-state index is 0.225. The van der Waals surface area contributed by atoms with Crippen LogP contribution in [0.15, 0.2) is 6.20 Å². The monoisotopic (exact) mass is 392 g/mol. The topological polar surface area (TPSA) is 123 Å². The first-order valence-electron chi connectivity index (χ1n) is 9.63. The third kappa shape index (κ3) is 3.16. The number of hydrogen-bond donors (Lipinski definition) is 2. The van der Waals surface area contributed by atoms with E-state index in [1.165, 1.54) is 6.20 Å². The highest BCUT2D eigenvalue weighted by atomic mass is 16.5. The van der Waals surface area contributed by atoms with E-state index in [0.717, 1.165) is 0 Å². The van der Waals surface area contributed by atoms with Crippen LogP contribution in [0.5, 0.6) is 0 Å². The van der Waals surface area contributed by atoms with Crippen molar-refractivity contribution >= 4 is 23.5 Å². The Labute approximate surface area is 161 Å². The number of ether oxygens (including phenoxy) is 2. The summed E-state index contributed by atoms with van der Waals surface area (Å²) in [7, 11) is 0. The molecule has 2 N–H and O–H groups in total. The third-order valence-corrected chi connectivity index (χ3v) is 5.76. The van der Waals surface area contributed by atoms with Gasteiger partial charge in [0.2, 0.25) is 5.91 Å². The summed E-state index contributed by atoms with van der Waals surface area (Å²) >= 11 is 0. The second-order valence-corrected chi connectivity index (χ2v) is 7.30. The highest BCUT2D eigenvalue weighted by molar-refractivity contribution is 6.04. The molecule has 0 aromatic carbocycles. The van der Waals surface area contributed by atoms with E-state index in [0.29, 0.717) is 57.1 Å². The minimum Gasteiger partial charge on any atom is -0.481 e. The first-order valence-corrected chi connectivity index (χ1v) is 9.63. The van der Waals surface area contributed by atoms with Gasteiger partial charge in [-0.15, -0.1) is 0 Å². The first kappa shape index (κ1) is 18.9. The van der Waals surface area contributed by atoms with Crippen molar-refractivity contribution in [2.45, 2.75) is 38.5 Å². The lowest BCUT2D eigenvalue weighted by Crippen LogP contribution is -2.43. The highest BCUT2D eigenvalue weighted by Crippen LogP contribution is 2.44. The van der Waals surface area contributed by atoms with Gasteiger partial charge in [-0.2, -0.15) is 5.10 Å². The summed E-state index contributed by atoms with van der Waals surface area (Å²) in [5.41, 5.74) is 0.601. The van der Waals surface area contributed by atoms with Crippen LogP contribution in [0.2, 0.25) is 0 Å². The fraction of sp³-hybridized carbons (Fsp3) is 0.667. The number of aryl methyl sites for hydroxylation is 1. The summed E-state index contributed by atoms with van der Waals surface area (Å²) in [6.07, 6.45) is 1.94. The van der Waals surface area contributed by atoms with Crippen LogP contribution in [0.1, 0.15) is 30.3 Å². The molecule has 0 spiro atoms. The van der Waals surface area contributed by atoms with Crippen LogP contribution in [-0.4, -0.2) is 76.1 Å². The number of carbonyl (C=O) groups is 3. The average molecular weight is 392 g/mol. The van der Waals surface area contributed by atoms with Gasteiger partial charge < -0.3 is 24.8 Å². The number of nitrogens with zero attached hydrogens (tertiary/aromatic N) is 3. The zero-order chi connectivity index (χ0) is 19.8.